The van der Waals surface area contributed by atoms with Crippen LogP contribution in [-0.2, 0) is 19.6 Å². The van der Waals surface area contributed by atoms with E-state index in [1.54, 1.807) is 26.0 Å². The number of hydrogen-bond acceptors (Lipinski definition) is 5. The van der Waals surface area contributed by atoms with Gasteiger partial charge in [-0.1, -0.05) is 6.07 Å². The lowest BCUT2D eigenvalue weighted by Gasteiger charge is -2.22. The molecule has 0 atom stereocenters. The average molecular weight is 408 g/mol. The summed E-state index contributed by atoms with van der Waals surface area (Å²) >= 11 is 0. The van der Waals surface area contributed by atoms with Crippen LogP contribution in [-0.4, -0.2) is 39.7 Å². The van der Waals surface area contributed by atoms with Crippen LogP contribution < -0.4 is 9.62 Å². The van der Waals surface area contributed by atoms with E-state index in [1.807, 2.05) is 0 Å². The lowest BCUT2D eigenvalue weighted by molar-refractivity contribution is -0.114. The van der Waals surface area contributed by atoms with E-state index in [9.17, 15) is 22.4 Å². The molecule has 0 heterocycles. The zero-order valence-electron chi connectivity index (χ0n) is 15.7. The van der Waals surface area contributed by atoms with Crippen LogP contribution in [0.15, 0.2) is 42.5 Å². The maximum absolute atomic E-state index is 13.1. The minimum atomic E-state index is -3.78. The summed E-state index contributed by atoms with van der Waals surface area (Å²) in [6.45, 7) is 3.13. The number of aryl methyl sites for hydroxylation is 1. The van der Waals surface area contributed by atoms with E-state index < -0.39 is 34.3 Å². The molecule has 2 aromatic carbocycles. The summed E-state index contributed by atoms with van der Waals surface area (Å²) in [6.07, 6.45) is 0.955. The number of sulfonamides is 1. The van der Waals surface area contributed by atoms with Gasteiger partial charge < -0.3 is 10.1 Å². The number of ether oxygens (including phenoxy) is 1. The van der Waals surface area contributed by atoms with Crippen LogP contribution >= 0.6 is 0 Å². The molecule has 0 fully saturated rings. The third kappa shape index (κ3) is 5.53. The molecule has 0 aliphatic heterocycles. The predicted molar refractivity (Wildman–Crippen MR) is 104 cm³/mol. The standard InChI is InChI=1S/C19H21FN2O5S/c1-4-27-19(24)14-6-5-13(2)17(11-14)21-18(23)12-22(28(3,25)26)16-9-7-15(20)8-10-16/h5-11H,4,12H2,1-3H3,(H,21,23). The van der Waals surface area contributed by atoms with Gasteiger partial charge in [0.05, 0.1) is 24.1 Å². The van der Waals surface area contributed by atoms with Gasteiger partial charge in [-0.25, -0.2) is 17.6 Å². The smallest absolute Gasteiger partial charge is 0.338 e. The molecule has 0 aliphatic rings. The quantitative estimate of drug-likeness (QED) is 0.711. The molecule has 2 rings (SSSR count). The second-order valence-electron chi connectivity index (χ2n) is 6.04. The fourth-order valence-corrected chi connectivity index (χ4v) is 3.28. The fraction of sp³-hybridized carbons (Fsp3) is 0.263. The number of esters is 1. The Morgan fingerprint density at radius 2 is 1.79 bits per heavy atom. The minimum Gasteiger partial charge on any atom is -0.462 e. The van der Waals surface area contributed by atoms with Gasteiger partial charge in [0.25, 0.3) is 0 Å². The lowest BCUT2D eigenvalue weighted by atomic mass is 10.1. The Hall–Kier alpha value is -2.94. The molecule has 28 heavy (non-hydrogen) atoms. The molecule has 1 N–H and O–H groups in total. The number of anilines is 2. The van der Waals surface area contributed by atoms with Gasteiger partial charge in [-0.15, -0.1) is 0 Å². The molecule has 0 saturated carbocycles. The van der Waals surface area contributed by atoms with E-state index in [4.69, 9.17) is 4.74 Å². The monoisotopic (exact) mass is 408 g/mol. The summed E-state index contributed by atoms with van der Waals surface area (Å²) in [4.78, 5) is 24.3. The summed E-state index contributed by atoms with van der Waals surface area (Å²) in [5.74, 6) is -1.66. The van der Waals surface area contributed by atoms with Crippen molar-refractivity contribution in [3.05, 3.63) is 59.4 Å². The number of nitrogens with zero attached hydrogens (tertiary/aromatic N) is 1. The van der Waals surface area contributed by atoms with Gasteiger partial charge in [0.2, 0.25) is 15.9 Å². The van der Waals surface area contributed by atoms with E-state index in [2.05, 4.69) is 5.32 Å². The number of hydrogen-bond donors (Lipinski definition) is 1. The highest BCUT2D eigenvalue weighted by Gasteiger charge is 2.21. The van der Waals surface area contributed by atoms with Crippen molar-refractivity contribution in [3.8, 4) is 0 Å². The lowest BCUT2D eigenvalue weighted by Crippen LogP contribution is -2.37. The van der Waals surface area contributed by atoms with Crippen LogP contribution in [0.4, 0.5) is 15.8 Å². The molecule has 0 unspecified atom stereocenters. The largest absolute Gasteiger partial charge is 0.462 e. The molecular weight excluding hydrogens is 387 g/mol. The van der Waals surface area contributed by atoms with Gasteiger partial charge in [0.15, 0.2) is 0 Å². The average Bonchev–Trinajstić information content (AvgIpc) is 2.62. The van der Waals surface area contributed by atoms with Crippen molar-refractivity contribution in [1.82, 2.24) is 0 Å². The highest BCUT2D eigenvalue weighted by molar-refractivity contribution is 7.92. The Morgan fingerprint density at radius 3 is 2.36 bits per heavy atom. The first kappa shape index (κ1) is 21.4. The number of benzene rings is 2. The maximum atomic E-state index is 13.1. The van der Waals surface area contributed by atoms with Gasteiger partial charge in [-0.2, -0.15) is 0 Å². The van der Waals surface area contributed by atoms with Crippen molar-refractivity contribution >= 4 is 33.3 Å². The van der Waals surface area contributed by atoms with E-state index in [1.165, 1.54) is 18.2 Å². The number of carbonyl (C=O) groups excluding carboxylic acids is 2. The Kier molecular flexibility index (Phi) is 6.74. The molecular formula is C19H21FN2O5S. The van der Waals surface area contributed by atoms with Crippen LogP contribution in [0.5, 0.6) is 0 Å². The number of rotatable bonds is 7. The van der Waals surface area contributed by atoms with Crippen molar-refractivity contribution < 1.29 is 27.1 Å². The third-order valence-electron chi connectivity index (χ3n) is 3.82. The SMILES string of the molecule is CCOC(=O)c1ccc(C)c(NC(=O)CN(c2ccc(F)cc2)S(C)(=O)=O)c1. The summed E-state index contributed by atoms with van der Waals surface area (Å²) in [5.41, 5.74) is 1.48. The van der Waals surface area contributed by atoms with Crippen LogP contribution in [0.2, 0.25) is 0 Å². The molecule has 0 saturated heterocycles. The summed E-state index contributed by atoms with van der Waals surface area (Å²) < 4.78 is 43.1. The second kappa shape index (κ2) is 8.83. The first-order valence-electron chi connectivity index (χ1n) is 8.42. The maximum Gasteiger partial charge on any atom is 0.338 e. The zero-order valence-corrected chi connectivity index (χ0v) is 16.5. The molecule has 0 spiro atoms. The summed E-state index contributed by atoms with van der Waals surface area (Å²) in [5, 5.41) is 2.60. The van der Waals surface area contributed by atoms with Gasteiger partial charge in [0.1, 0.15) is 12.4 Å². The van der Waals surface area contributed by atoms with Crippen LogP contribution in [0.25, 0.3) is 0 Å². The highest BCUT2D eigenvalue weighted by Crippen LogP contribution is 2.20. The van der Waals surface area contributed by atoms with Gasteiger partial charge in [0, 0.05) is 5.69 Å². The molecule has 150 valence electrons. The van der Waals surface area contributed by atoms with Crippen LogP contribution in [0.3, 0.4) is 0 Å². The topological polar surface area (TPSA) is 92.8 Å². The van der Waals surface area contributed by atoms with E-state index >= 15 is 0 Å². The fourth-order valence-electron chi connectivity index (χ4n) is 2.43. The molecule has 7 nitrogen and oxygen atoms in total. The van der Waals surface area contributed by atoms with Crippen molar-refractivity contribution in [2.75, 3.05) is 29.0 Å². The Morgan fingerprint density at radius 1 is 1.14 bits per heavy atom. The minimum absolute atomic E-state index is 0.163. The predicted octanol–water partition coefficient (Wildman–Crippen LogP) is 2.72. The summed E-state index contributed by atoms with van der Waals surface area (Å²) in [6, 6.07) is 9.46. The molecule has 1 amide bonds. The van der Waals surface area contributed by atoms with Crippen LogP contribution in [0.1, 0.15) is 22.8 Å². The number of halogens is 1. The van der Waals surface area contributed by atoms with E-state index in [-0.39, 0.29) is 17.9 Å². The molecule has 0 aliphatic carbocycles. The second-order valence-corrected chi connectivity index (χ2v) is 7.95. The molecule has 0 radical (unpaired) electrons. The van der Waals surface area contributed by atoms with Gasteiger partial charge in [-0.05, 0) is 55.8 Å². The third-order valence-corrected chi connectivity index (χ3v) is 4.97. The highest BCUT2D eigenvalue weighted by atomic mass is 32.2. The number of carbonyl (C=O) groups is 2. The summed E-state index contributed by atoms with van der Waals surface area (Å²) in [7, 11) is -3.78. The van der Waals surface area contributed by atoms with E-state index in [0.717, 1.165) is 22.7 Å². The normalized spacial score (nSPS) is 11.0. The molecule has 2 aromatic rings. The zero-order chi connectivity index (χ0) is 20.9. The van der Waals surface area contributed by atoms with Gasteiger partial charge >= 0.3 is 5.97 Å². The number of amides is 1. The Bertz CT molecular complexity index is 974. The number of nitrogens with one attached hydrogen (secondary N) is 1. The first-order chi connectivity index (χ1) is 13.1. The molecule has 0 bridgehead atoms. The Labute approximate surface area is 163 Å². The van der Waals surface area contributed by atoms with E-state index in [0.29, 0.717) is 11.3 Å². The Balaban J connectivity index is 2.22. The molecule has 0 aromatic heterocycles. The van der Waals surface area contributed by atoms with Crippen molar-refractivity contribution in [2.45, 2.75) is 13.8 Å². The van der Waals surface area contributed by atoms with Crippen molar-refractivity contribution in [3.63, 3.8) is 0 Å². The van der Waals surface area contributed by atoms with Crippen molar-refractivity contribution in [1.29, 1.82) is 0 Å². The first-order valence-corrected chi connectivity index (χ1v) is 10.3. The van der Waals surface area contributed by atoms with Crippen LogP contribution in [0, 0.1) is 12.7 Å². The molecule has 9 heteroatoms. The van der Waals surface area contributed by atoms with Gasteiger partial charge in [-0.3, -0.25) is 9.10 Å². The van der Waals surface area contributed by atoms with Crippen molar-refractivity contribution in [2.24, 2.45) is 0 Å².